The van der Waals surface area contributed by atoms with E-state index in [2.05, 4.69) is 4.98 Å². The molecule has 0 unspecified atom stereocenters. The number of pyridine rings is 1. The van der Waals surface area contributed by atoms with E-state index in [-0.39, 0.29) is 17.0 Å². The van der Waals surface area contributed by atoms with Crippen molar-refractivity contribution < 1.29 is 19.4 Å². The average molecular weight is 236 g/mol. The lowest BCUT2D eigenvalue weighted by Gasteiger charge is -2.27. The number of rotatable bonds is 2. The van der Waals surface area contributed by atoms with Gasteiger partial charge in [0, 0.05) is 25.5 Å². The van der Waals surface area contributed by atoms with Gasteiger partial charge in [-0.25, -0.2) is 4.79 Å². The highest BCUT2D eigenvalue weighted by atomic mass is 16.5. The molecule has 1 aliphatic rings. The standard InChI is InChI=1S/C11H12N2O4/c14-10(13-3-5-17-6-4-13)8-1-2-12-7-9(8)11(15)16/h1-2,7H,3-6H2,(H,15,16). The van der Waals surface area contributed by atoms with Gasteiger partial charge in [0.25, 0.3) is 5.91 Å². The number of aromatic carboxylic acids is 1. The van der Waals surface area contributed by atoms with Gasteiger partial charge < -0.3 is 14.7 Å². The van der Waals surface area contributed by atoms with Crippen LogP contribution >= 0.6 is 0 Å². The minimum Gasteiger partial charge on any atom is -0.478 e. The first-order chi connectivity index (χ1) is 8.20. The van der Waals surface area contributed by atoms with Gasteiger partial charge in [-0.2, -0.15) is 0 Å². The summed E-state index contributed by atoms with van der Waals surface area (Å²) in [5.74, 6) is -1.43. The van der Waals surface area contributed by atoms with Crippen LogP contribution in [0.2, 0.25) is 0 Å². The summed E-state index contributed by atoms with van der Waals surface area (Å²) in [6.07, 6.45) is 2.61. The number of ether oxygens (including phenoxy) is 1. The molecule has 0 aromatic carbocycles. The third-order valence-electron chi connectivity index (χ3n) is 2.58. The molecular formula is C11H12N2O4. The fourth-order valence-corrected chi connectivity index (χ4v) is 1.69. The first-order valence-electron chi connectivity index (χ1n) is 5.24. The van der Waals surface area contributed by atoms with Crippen LogP contribution in [0.25, 0.3) is 0 Å². The van der Waals surface area contributed by atoms with Gasteiger partial charge in [-0.15, -0.1) is 0 Å². The second kappa shape index (κ2) is 4.92. The zero-order valence-electron chi connectivity index (χ0n) is 9.13. The van der Waals surface area contributed by atoms with Crippen LogP contribution in [0.1, 0.15) is 20.7 Å². The van der Waals surface area contributed by atoms with Gasteiger partial charge in [-0.3, -0.25) is 9.78 Å². The normalized spacial score (nSPS) is 15.6. The van der Waals surface area contributed by atoms with E-state index in [1.807, 2.05) is 0 Å². The van der Waals surface area contributed by atoms with Crippen molar-refractivity contribution in [3.8, 4) is 0 Å². The quantitative estimate of drug-likeness (QED) is 0.796. The number of morpholine rings is 1. The molecule has 1 amide bonds. The number of amides is 1. The third kappa shape index (κ3) is 2.42. The van der Waals surface area contributed by atoms with E-state index in [4.69, 9.17) is 9.84 Å². The molecule has 0 bridgehead atoms. The average Bonchev–Trinajstić information content (AvgIpc) is 2.39. The molecule has 1 saturated heterocycles. The summed E-state index contributed by atoms with van der Waals surface area (Å²) in [4.78, 5) is 28.4. The van der Waals surface area contributed by atoms with Gasteiger partial charge in [0.05, 0.1) is 24.3 Å². The summed E-state index contributed by atoms with van der Waals surface area (Å²) in [5.41, 5.74) is 0.110. The summed E-state index contributed by atoms with van der Waals surface area (Å²) in [5, 5.41) is 8.98. The summed E-state index contributed by atoms with van der Waals surface area (Å²) >= 11 is 0. The summed E-state index contributed by atoms with van der Waals surface area (Å²) in [6.45, 7) is 1.94. The van der Waals surface area contributed by atoms with E-state index in [0.29, 0.717) is 26.3 Å². The second-order valence-corrected chi connectivity index (χ2v) is 3.63. The number of carboxylic acid groups (broad SMARTS) is 1. The highest BCUT2D eigenvalue weighted by Gasteiger charge is 2.23. The molecule has 1 N–H and O–H groups in total. The van der Waals surface area contributed by atoms with Crippen molar-refractivity contribution in [1.29, 1.82) is 0 Å². The van der Waals surface area contributed by atoms with Crippen molar-refractivity contribution in [1.82, 2.24) is 9.88 Å². The maximum absolute atomic E-state index is 12.1. The van der Waals surface area contributed by atoms with Crippen molar-refractivity contribution in [2.75, 3.05) is 26.3 Å². The van der Waals surface area contributed by atoms with Crippen LogP contribution in [-0.4, -0.2) is 53.2 Å². The Labute approximate surface area is 97.8 Å². The molecule has 1 fully saturated rings. The van der Waals surface area contributed by atoms with Crippen LogP contribution in [0.15, 0.2) is 18.5 Å². The molecule has 1 aromatic heterocycles. The summed E-state index contributed by atoms with van der Waals surface area (Å²) in [6, 6.07) is 1.43. The van der Waals surface area contributed by atoms with Crippen molar-refractivity contribution in [2.24, 2.45) is 0 Å². The molecule has 1 aromatic rings. The SMILES string of the molecule is O=C(O)c1cnccc1C(=O)N1CCOCC1. The first kappa shape index (κ1) is 11.5. The Morgan fingerprint density at radius 3 is 2.65 bits per heavy atom. The van der Waals surface area contributed by atoms with E-state index in [1.165, 1.54) is 18.5 Å². The minimum absolute atomic E-state index is 0.0657. The van der Waals surface area contributed by atoms with E-state index in [1.54, 1.807) is 4.90 Å². The van der Waals surface area contributed by atoms with E-state index in [0.717, 1.165) is 0 Å². The van der Waals surface area contributed by atoms with Crippen LogP contribution in [-0.2, 0) is 4.74 Å². The van der Waals surface area contributed by atoms with E-state index < -0.39 is 5.97 Å². The molecule has 0 atom stereocenters. The molecule has 90 valence electrons. The molecule has 2 rings (SSSR count). The maximum atomic E-state index is 12.1. The first-order valence-corrected chi connectivity index (χ1v) is 5.24. The summed E-state index contributed by atoms with van der Waals surface area (Å²) < 4.78 is 5.14. The molecule has 0 radical (unpaired) electrons. The largest absolute Gasteiger partial charge is 0.478 e. The molecule has 0 aliphatic carbocycles. The van der Waals surface area contributed by atoms with Gasteiger partial charge in [0.1, 0.15) is 0 Å². The predicted molar refractivity (Wildman–Crippen MR) is 57.9 cm³/mol. The van der Waals surface area contributed by atoms with Crippen molar-refractivity contribution in [3.05, 3.63) is 29.6 Å². The lowest BCUT2D eigenvalue weighted by molar-refractivity contribution is 0.0300. The highest BCUT2D eigenvalue weighted by Crippen LogP contribution is 2.11. The Balaban J connectivity index is 2.26. The molecule has 0 spiro atoms. The van der Waals surface area contributed by atoms with E-state index >= 15 is 0 Å². The molecule has 6 heteroatoms. The molecule has 1 aliphatic heterocycles. The number of carboxylic acids is 1. The van der Waals surface area contributed by atoms with Crippen LogP contribution in [0.5, 0.6) is 0 Å². The Bertz CT molecular complexity index is 441. The Kier molecular flexibility index (Phi) is 3.34. The van der Waals surface area contributed by atoms with E-state index in [9.17, 15) is 9.59 Å². The Morgan fingerprint density at radius 1 is 1.29 bits per heavy atom. The lowest BCUT2D eigenvalue weighted by Crippen LogP contribution is -2.41. The number of hydrogen-bond acceptors (Lipinski definition) is 4. The zero-order chi connectivity index (χ0) is 12.3. The van der Waals surface area contributed by atoms with Gasteiger partial charge in [-0.1, -0.05) is 0 Å². The van der Waals surface area contributed by atoms with Crippen molar-refractivity contribution in [2.45, 2.75) is 0 Å². The monoisotopic (exact) mass is 236 g/mol. The Hall–Kier alpha value is -1.95. The maximum Gasteiger partial charge on any atom is 0.338 e. The van der Waals surface area contributed by atoms with Crippen molar-refractivity contribution >= 4 is 11.9 Å². The third-order valence-corrected chi connectivity index (χ3v) is 2.58. The van der Waals surface area contributed by atoms with Crippen LogP contribution < -0.4 is 0 Å². The smallest absolute Gasteiger partial charge is 0.338 e. The number of aromatic nitrogens is 1. The molecule has 17 heavy (non-hydrogen) atoms. The van der Waals surface area contributed by atoms with Gasteiger partial charge in [0.15, 0.2) is 0 Å². The van der Waals surface area contributed by atoms with Crippen LogP contribution in [0.3, 0.4) is 0 Å². The number of carbonyl (C=O) groups is 2. The predicted octanol–water partition coefficient (Wildman–Crippen LogP) is 0.252. The van der Waals surface area contributed by atoms with Crippen molar-refractivity contribution in [3.63, 3.8) is 0 Å². The van der Waals surface area contributed by atoms with Crippen LogP contribution in [0, 0.1) is 0 Å². The fraction of sp³-hybridized carbons (Fsp3) is 0.364. The summed E-state index contributed by atoms with van der Waals surface area (Å²) in [7, 11) is 0. The second-order valence-electron chi connectivity index (χ2n) is 3.63. The lowest BCUT2D eigenvalue weighted by atomic mass is 10.1. The topological polar surface area (TPSA) is 79.7 Å². The fourth-order valence-electron chi connectivity index (χ4n) is 1.69. The number of carbonyl (C=O) groups excluding carboxylic acids is 1. The highest BCUT2D eigenvalue weighted by molar-refractivity contribution is 6.04. The molecular weight excluding hydrogens is 224 g/mol. The minimum atomic E-state index is -1.14. The number of hydrogen-bond donors (Lipinski definition) is 1. The van der Waals surface area contributed by atoms with Gasteiger partial charge in [-0.05, 0) is 6.07 Å². The van der Waals surface area contributed by atoms with Gasteiger partial charge in [0.2, 0.25) is 0 Å². The van der Waals surface area contributed by atoms with Gasteiger partial charge >= 0.3 is 5.97 Å². The zero-order valence-corrected chi connectivity index (χ0v) is 9.13. The molecule has 6 nitrogen and oxygen atoms in total. The Morgan fingerprint density at radius 2 is 2.00 bits per heavy atom. The molecule has 0 saturated carbocycles. The van der Waals surface area contributed by atoms with Crippen LogP contribution in [0.4, 0.5) is 0 Å². The molecule has 2 heterocycles. The number of nitrogens with zero attached hydrogens (tertiary/aromatic N) is 2.